The number of hydrogen-bond acceptors (Lipinski definition) is 3. The zero-order chi connectivity index (χ0) is 13.0. The number of nitrogens with zero attached hydrogens (tertiary/aromatic N) is 1. The Morgan fingerprint density at radius 2 is 1.83 bits per heavy atom. The Bertz CT molecular complexity index is 484. The van der Waals surface area contributed by atoms with Gasteiger partial charge in [0.15, 0.2) is 0 Å². The molecule has 0 bridgehead atoms. The fraction of sp³-hybridized carbons (Fsp3) is 0.455. The van der Waals surface area contributed by atoms with Crippen molar-refractivity contribution in [2.75, 3.05) is 31.0 Å². The molecule has 1 saturated heterocycles. The van der Waals surface area contributed by atoms with Gasteiger partial charge in [0.2, 0.25) is 0 Å². The highest BCUT2D eigenvalue weighted by atomic mass is 35.5. The SMILES string of the molecule is O=S(=O)(Nc1ccc(CCl)cc1)N1CCOCC1. The van der Waals surface area contributed by atoms with Gasteiger partial charge in [-0.2, -0.15) is 12.7 Å². The second-order valence-electron chi connectivity index (χ2n) is 3.95. The van der Waals surface area contributed by atoms with E-state index in [2.05, 4.69) is 4.72 Å². The number of morpholine rings is 1. The van der Waals surface area contributed by atoms with E-state index in [-0.39, 0.29) is 0 Å². The standard InChI is InChI=1S/C11H15ClN2O3S/c12-9-10-1-3-11(4-2-10)13-18(15,16)14-5-7-17-8-6-14/h1-4,13H,5-9H2. The van der Waals surface area contributed by atoms with Gasteiger partial charge >= 0.3 is 10.2 Å². The summed E-state index contributed by atoms with van der Waals surface area (Å²) >= 11 is 5.67. The van der Waals surface area contributed by atoms with E-state index in [1.165, 1.54) is 4.31 Å². The summed E-state index contributed by atoms with van der Waals surface area (Å²) in [6.07, 6.45) is 0. The molecular formula is C11H15ClN2O3S. The minimum Gasteiger partial charge on any atom is -0.379 e. The number of alkyl halides is 1. The number of hydrogen-bond donors (Lipinski definition) is 1. The van der Waals surface area contributed by atoms with Crippen LogP contribution in [0.1, 0.15) is 5.56 Å². The molecule has 0 amide bonds. The van der Waals surface area contributed by atoms with E-state index in [9.17, 15) is 8.42 Å². The van der Waals surface area contributed by atoms with Gasteiger partial charge in [-0.3, -0.25) is 4.72 Å². The molecule has 5 nitrogen and oxygen atoms in total. The van der Waals surface area contributed by atoms with Gasteiger partial charge in [-0.25, -0.2) is 0 Å². The topological polar surface area (TPSA) is 58.6 Å². The van der Waals surface area contributed by atoms with Crippen molar-refractivity contribution in [1.82, 2.24) is 4.31 Å². The van der Waals surface area contributed by atoms with Crippen molar-refractivity contribution in [3.8, 4) is 0 Å². The first kappa shape index (κ1) is 13.6. The van der Waals surface area contributed by atoms with Crippen LogP contribution in [0.5, 0.6) is 0 Å². The van der Waals surface area contributed by atoms with Gasteiger partial charge in [-0.15, -0.1) is 11.6 Å². The Morgan fingerprint density at radius 1 is 1.22 bits per heavy atom. The zero-order valence-electron chi connectivity index (χ0n) is 9.80. The average molecular weight is 291 g/mol. The van der Waals surface area contributed by atoms with E-state index in [1.807, 2.05) is 0 Å². The molecule has 1 heterocycles. The molecule has 100 valence electrons. The van der Waals surface area contributed by atoms with Gasteiger partial charge in [-0.05, 0) is 17.7 Å². The van der Waals surface area contributed by atoms with Crippen LogP contribution in [-0.2, 0) is 20.8 Å². The molecule has 18 heavy (non-hydrogen) atoms. The number of benzene rings is 1. The fourth-order valence-electron chi connectivity index (χ4n) is 1.66. The predicted octanol–water partition coefficient (Wildman–Crippen LogP) is 1.41. The molecule has 1 aromatic rings. The number of halogens is 1. The molecule has 0 radical (unpaired) electrons. The van der Waals surface area contributed by atoms with Gasteiger partial charge in [-0.1, -0.05) is 12.1 Å². The second kappa shape index (κ2) is 5.88. The van der Waals surface area contributed by atoms with Gasteiger partial charge in [0, 0.05) is 24.7 Å². The molecule has 0 spiro atoms. The van der Waals surface area contributed by atoms with Gasteiger partial charge in [0.05, 0.1) is 13.2 Å². The molecule has 2 rings (SSSR count). The van der Waals surface area contributed by atoms with Crippen LogP contribution in [0.3, 0.4) is 0 Å². The molecule has 0 atom stereocenters. The molecule has 0 aromatic heterocycles. The first-order valence-electron chi connectivity index (χ1n) is 5.62. The maximum Gasteiger partial charge on any atom is 0.301 e. The highest BCUT2D eigenvalue weighted by Gasteiger charge is 2.23. The average Bonchev–Trinajstić information content (AvgIpc) is 2.40. The fourth-order valence-corrected chi connectivity index (χ4v) is 3.03. The first-order chi connectivity index (χ1) is 8.62. The van der Waals surface area contributed by atoms with E-state index in [0.29, 0.717) is 37.9 Å². The second-order valence-corrected chi connectivity index (χ2v) is 5.89. The van der Waals surface area contributed by atoms with E-state index >= 15 is 0 Å². The third-order valence-electron chi connectivity index (χ3n) is 2.67. The smallest absolute Gasteiger partial charge is 0.301 e. The summed E-state index contributed by atoms with van der Waals surface area (Å²) in [4.78, 5) is 0. The van der Waals surface area contributed by atoms with Crippen molar-refractivity contribution in [3.05, 3.63) is 29.8 Å². The van der Waals surface area contributed by atoms with Crippen LogP contribution in [0.25, 0.3) is 0 Å². The van der Waals surface area contributed by atoms with Crippen LogP contribution >= 0.6 is 11.6 Å². The molecule has 1 fully saturated rings. The minimum absolute atomic E-state index is 0.384. The van der Waals surface area contributed by atoms with Crippen LogP contribution in [0.4, 0.5) is 5.69 Å². The molecular weight excluding hydrogens is 276 g/mol. The summed E-state index contributed by atoms with van der Waals surface area (Å²) < 4.78 is 33.1. The van der Waals surface area contributed by atoms with Crippen molar-refractivity contribution in [3.63, 3.8) is 0 Å². The summed E-state index contributed by atoms with van der Waals surface area (Å²) in [5, 5.41) is 0. The number of nitrogens with one attached hydrogen (secondary N) is 1. The van der Waals surface area contributed by atoms with Gasteiger partial charge in [0.25, 0.3) is 0 Å². The molecule has 0 aliphatic carbocycles. The van der Waals surface area contributed by atoms with Gasteiger partial charge < -0.3 is 4.74 Å². The summed E-state index contributed by atoms with van der Waals surface area (Å²) in [6, 6.07) is 7.00. The lowest BCUT2D eigenvalue weighted by molar-refractivity contribution is 0.0733. The maximum absolute atomic E-state index is 12.0. The largest absolute Gasteiger partial charge is 0.379 e. The highest BCUT2D eigenvalue weighted by Crippen LogP contribution is 2.15. The summed E-state index contributed by atoms with van der Waals surface area (Å²) in [5.74, 6) is 0.413. The van der Waals surface area contributed by atoms with E-state index in [4.69, 9.17) is 16.3 Å². The molecule has 0 saturated carbocycles. The summed E-state index contributed by atoms with van der Waals surface area (Å²) in [5.41, 5.74) is 1.49. The van der Waals surface area contributed by atoms with Crippen molar-refractivity contribution < 1.29 is 13.2 Å². The molecule has 0 unspecified atom stereocenters. The van der Waals surface area contributed by atoms with Crippen LogP contribution in [0.15, 0.2) is 24.3 Å². The number of ether oxygens (including phenoxy) is 1. The monoisotopic (exact) mass is 290 g/mol. The Kier molecular flexibility index (Phi) is 4.45. The molecule has 1 aliphatic rings. The van der Waals surface area contributed by atoms with Crippen LogP contribution in [0, 0.1) is 0 Å². The van der Waals surface area contributed by atoms with Crippen molar-refractivity contribution in [1.29, 1.82) is 0 Å². The molecule has 1 N–H and O–H groups in total. The van der Waals surface area contributed by atoms with E-state index in [0.717, 1.165) is 5.56 Å². The Morgan fingerprint density at radius 3 is 2.39 bits per heavy atom. The predicted molar refractivity (Wildman–Crippen MR) is 70.9 cm³/mol. The van der Waals surface area contributed by atoms with Crippen molar-refractivity contribution in [2.45, 2.75) is 5.88 Å². The summed E-state index contributed by atoms with van der Waals surface area (Å²) in [6.45, 7) is 1.64. The lowest BCUT2D eigenvalue weighted by Gasteiger charge is -2.26. The highest BCUT2D eigenvalue weighted by molar-refractivity contribution is 7.90. The normalized spacial score (nSPS) is 17.6. The molecule has 1 aliphatic heterocycles. The Balaban J connectivity index is 2.06. The van der Waals surface area contributed by atoms with Crippen LogP contribution in [0.2, 0.25) is 0 Å². The number of anilines is 1. The maximum atomic E-state index is 12.0. The summed E-state index contributed by atoms with van der Waals surface area (Å²) in [7, 11) is -3.49. The third-order valence-corrected chi connectivity index (χ3v) is 4.51. The van der Waals surface area contributed by atoms with Crippen LogP contribution in [-0.4, -0.2) is 39.0 Å². The first-order valence-corrected chi connectivity index (χ1v) is 7.60. The van der Waals surface area contributed by atoms with Crippen LogP contribution < -0.4 is 4.72 Å². The van der Waals surface area contributed by atoms with Crippen molar-refractivity contribution in [2.24, 2.45) is 0 Å². The lowest BCUT2D eigenvalue weighted by atomic mass is 10.2. The van der Waals surface area contributed by atoms with Crippen molar-refractivity contribution >= 4 is 27.5 Å². The van der Waals surface area contributed by atoms with E-state index < -0.39 is 10.2 Å². The lowest BCUT2D eigenvalue weighted by Crippen LogP contribution is -2.43. The Hall–Kier alpha value is -0.820. The minimum atomic E-state index is -3.49. The zero-order valence-corrected chi connectivity index (χ0v) is 11.4. The molecule has 1 aromatic carbocycles. The molecule has 7 heteroatoms. The Labute approximate surface area is 112 Å². The number of rotatable bonds is 4. The van der Waals surface area contributed by atoms with E-state index in [1.54, 1.807) is 24.3 Å². The third kappa shape index (κ3) is 3.35. The van der Waals surface area contributed by atoms with Gasteiger partial charge in [0.1, 0.15) is 0 Å². The quantitative estimate of drug-likeness (QED) is 0.853.